The number of aliphatic hydroxyl groups excluding tert-OH is 2. The summed E-state index contributed by atoms with van der Waals surface area (Å²) in [5, 5.41) is 39.3. The van der Waals surface area contributed by atoms with E-state index in [0.29, 0.717) is 17.5 Å². The molecule has 2 aliphatic rings. The molecular formula is C46H61N11O12. The molecule has 14 N–H and O–H groups in total. The lowest BCUT2D eigenvalue weighted by Gasteiger charge is -2.32. The molecule has 2 saturated heterocycles. The summed E-state index contributed by atoms with van der Waals surface area (Å²) in [6.07, 6.45) is -0.0752. The van der Waals surface area contributed by atoms with Gasteiger partial charge in [0.2, 0.25) is 59.1 Å². The third-order valence-corrected chi connectivity index (χ3v) is 12.0. The van der Waals surface area contributed by atoms with Gasteiger partial charge in [0, 0.05) is 42.9 Å². The molecular weight excluding hydrogens is 899 g/mol. The molecule has 0 bridgehead atoms. The highest BCUT2D eigenvalue weighted by molar-refractivity contribution is 6.00. The normalized spacial score (nSPS) is 18.6. The molecule has 0 aliphatic carbocycles. The van der Waals surface area contributed by atoms with Gasteiger partial charge in [-0.15, -0.1) is 0 Å². The maximum Gasteiger partial charge on any atom is 0.248 e. The first kappa shape index (κ1) is 52.6. The van der Waals surface area contributed by atoms with Gasteiger partial charge >= 0.3 is 0 Å². The van der Waals surface area contributed by atoms with Crippen LogP contribution in [0.3, 0.4) is 0 Å². The highest BCUT2D eigenvalue weighted by atomic mass is 16.3. The number of H-pyrrole nitrogens is 1. The fraction of sp³-hybridized carbons (Fsp3) is 0.478. The van der Waals surface area contributed by atoms with Crippen molar-refractivity contribution in [2.45, 2.75) is 120 Å². The maximum absolute atomic E-state index is 14.2. The SMILES string of the molecule is CC(C)[C@H](NC(=O)[C@@H]1CCC(=O)N1)C(=O)N[C@@H](CC(N)=O)C(=O)N[C@@H](Cc1ccccc1)C(=O)N[C@H](C(=O)N1CCC[C@H]1C(=O)N[C@@H](CO)C(=O)N[C@@H](Cc1c[nH]c2ccccc12)C(N)=O)[C@@H](C)O. The minimum atomic E-state index is -1.69. The molecule has 372 valence electrons. The third kappa shape index (κ3) is 14.1. The number of primary amides is 2. The number of fused-ring (bicyclic) bond motifs is 1. The number of aromatic amines is 1. The number of nitrogens with one attached hydrogen (secondary N) is 8. The summed E-state index contributed by atoms with van der Waals surface area (Å²) < 4.78 is 0. The van der Waals surface area contributed by atoms with E-state index in [2.05, 4.69) is 42.2 Å². The van der Waals surface area contributed by atoms with Crippen LogP contribution in [0.2, 0.25) is 0 Å². The van der Waals surface area contributed by atoms with Gasteiger partial charge in [-0.2, -0.15) is 0 Å². The second-order valence-corrected chi connectivity index (χ2v) is 17.6. The van der Waals surface area contributed by atoms with Gasteiger partial charge in [-0.05, 0) is 49.3 Å². The van der Waals surface area contributed by atoms with E-state index < -0.39 is 127 Å². The Balaban J connectivity index is 1.27. The van der Waals surface area contributed by atoms with E-state index in [-0.39, 0.29) is 44.6 Å². The quantitative estimate of drug-likeness (QED) is 0.0441. The van der Waals surface area contributed by atoms with E-state index in [1.54, 1.807) is 56.4 Å². The highest BCUT2D eigenvalue weighted by Crippen LogP contribution is 2.21. The summed E-state index contributed by atoms with van der Waals surface area (Å²) in [4.78, 5) is 136. The molecule has 23 heteroatoms. The van der Waals surface area contributed by atoms with Crippen molar-refractivity contribution in [1.82, 2.24) is 47.1 Å². The predicted molar refractivity (Wildman–Crippen MR) is 246 cm³/mol. The van der Waals surface area contributed by atoms with Crippen LogP contribution >= 0.6 is 0 Å². The van der Waals surface area contributed by atoms with Crippen molar-refractivity contribution in [2.75, 3.05) is 13.2 Å². The number of amides is 10. The molecule has 0 radical (unpaired) electrons. The Bertz CT molecular complexity index is 2390. The summed E-state index contributed by atoms with van der Waals surface area (Å²) in [5.74, 6) is -8.89. The first-order chi connectivity index (χ1) is 32.8. The number of hydrogen-bond donors (Lipinski definition) is 12. The van der Waals surface area contributed by atoms with E-state index in [1.165, 1.54) is 6.92 Å². The second kappa shape index (κ2) is 24.1. The van der Waals surface area contributed by atoms with Crippen molar-refractivity contribution in [3.8, 4) is 0 Å². The van der Waals surface area contributed by atoms with Crippen molar-refractivity contribution in [1.29, 1.82) is 0 Å². The van der Waals surface area contributed by atoms with E-state index in [0.717, 1.165) is 15.8 Å². The van der Waals surface area contributed by atoms with E-state index >= 15 is 0 Å². The molecule has 1 aromatic heterocycles. The van der Waals surface area contributed by atoms with Crippen molar-refractivity contribution in [2.24, 2.45) is 17.4 Å². The fourth-order valence-corrected chi connectivity index (χ4v) is 8.20. The minimum absolute atomic E-state index is 0.00134. The van der Waals surface area contributed by atoms with Crippen LogP contribution in [0.5, 0.6) is 0 Å². The van der Waals surface area contributed by atoms with E-state index in [9.17, 15) is 58.2 Å². The van der Waals surface area contributed by atoms with Gasteiger partial charge in [-0.1, -0.05) is 62.4 Å². The molecule has 0 unspecified atom stereocenters. The van der Waals surface area contributed by atoms with Crippen LogP contribution in [-0.2, 0) is 60.8 Å². The van der Waals surface area contributed by atoms with Crippen LogP contribution in [-0.4, -0.2) is 147 Å². The van der Waals surface area contributed by atoms with E-state index in [1.807, 2.05) is 18.2 Å². The Morgan fingerprint density at radius 3 is 1.99 bits per heavy atom. The summed E-state index contributed by atoms with van der Waals surface area (Å²) in [6, 6.07) is 4.66. The van der Waals surface area contributed by atoms with Crippen molar-refractivity contribution in [3.63, 3.8) is 0 Å². The average Bonchev–Trinajstić information content (AvgIpc) is 4.08. The number of carbonyl (C=O) groups is 10. The lowest BCUT2D eigenvalue weighted by molar-refractivity contribution is -0.145. The molecule has 23 nitrogen and oxygen atoms in total. The standard InChI is InChI=1S/C46H61N11O12/c1-23(2)37(55-40(63)29-15-16-36(61)50-29)45(68)53-32(20-35(47)60)41(64)52-31(18-25-10-5-4-6-11-25)42(65)56-38(24(3)59)46(69)57-17-9-14-34(57)44(67)54-33(22-58)43(66)51-30(39(48)62)19-26-21-49-28-13-8-7-12-27(26)28/h4-8,10-13,21,23-24,29-34,37-38,49,58-59H,9,14-20,22H2,1-3H3,(H2,47,60)(H2,48,62)(H,50,61)(H,51,66)(H,52,64)(H,53,68)(H,54,67)(H,55,63)(H,56,65)/t24-,29+,30+,31+,32+,33+,34+,37+,38+/m1/s1. The van der Waals surface area contributed by atoms with Gasteiger partial charge in [0.1, 0.15) is 48.3 Å². The molecule has 5 rings (SSSR count). The van der Waals surface area contributed by atoms with Gasteiger partial charge in [0.05, 0.1) is 19.1 Å². The lowest BCUT2D eigenvalue weighted by atomic mass is 10.0. The molecule has 0 saturated carbocycles. The molecule has 69 heavy (non-hydrogen) atoms. The number of likely N-dealkylation sites (tertiary alicyclic amines) is 1. The van der Waals surface area contributed by atoms with Gasteiger partial charge in [0.25, 0.3) is 0 Å². The number of carbonyl (C=O) groups excluding carboxylic acids is 10. The molecule has 9 atom stereocenters. The van der Waals surface area contributed by atoms with Crippen LogP contribution in [0.1, 0.15) is 64.0 Å². The molecule has 3 heterocycles. The maximum atomic E-state index is 14.2. The predicted octanol–water partition coefficient (Wildman–Crippen LogP) is -3.48. The summed E-state index contributed by atoms with van der Waals surface area (Å²) in [5.41, 5.74) is 13.1. The largest absolute Gasteiger partial charge is 0.394 e. The van der Waals surface area contributed by atoms with Crippen LogP contribution in [0, 0.1) is 5.92 Å². The highest BCUT2D eigenvalue weighted by Gasteiger charge is 2.42. The van der Waals surface area contributed by atoms with E-state index in [4.69, 9.17) is 11.5 Å². The molecule has 3 aromatic rings. The Morgan fingerprint density at radius 1 is 0.725 bits per heavy atom. The van der Waals surface area contributed by atoms with Crippen molar-refractivity contribution in [3.05, 3.63) is 71.9 Å². The number of nitrogens with zero attached hydrogens (tertiary/aromatic N) is 1. The molecule has 2 aromatic carbocycles. The van der Waals surface area contributed by atoms with Gasteiger partial charge in [-0.3, -0.25) is 47.9 Å². The summed E-state index contributed by atoms with van der Waals surface area (Å²) in [7, 11) is 0. The number of rotatable bonds is 23. The summed E-state index contributed by atoms with van der Waals surface area (Å²) in [6.45, 7) is 3.57. The zero-order valence-electron chi connectivity index (χ0n) is 38.5. The van der Waals surface area contributed by atoms with Crippen LogP contribution in [0.15, 0.2) is 60.8 Å². The van der Waals surface area contributed by atoms with Gasteiger partial charge in [-0.25, -0.2) is 0 Å². The van der Waals surface area contributed by atoms with Crippen molar-refractivity contribution < 1.29 is 58.2 Å². The third-order valence-electron chi connectivity index (χ3n) is 12.0. The first-order valence-corrected chi connectivity index (χ1v) is 22.6. The van der Waals surface area contributed by atoms with Crippen LogP contribution < -0.4 is 48.7 Å². The van der Waals surface area contributed by atoms with Crippen LogP contribution in [0.4, 0.5) is 0 Å². The van der Waals surface area contributed by atoms with Crippen molar-refractivity contribution >= 4 is 70.0 Å². The lowest BCUT2D eigenvalue weighted by Crippen LogP contribution is -2.62. The topological polar surface area (TPSA) is 366 Å². The van der Waals surface area contributed by atoms with Gasteiger partial charge in [0.15, 0.2) is 0 Å². The van der Waals surface area contributed by atoms with Crippen LogP contribution in [0.25, 0.3) is 10.9 Å². The Morgan fingerprint density at radius 2 is 1.36 bits per heavy atom. The number of para-hydroxylation sites is 1. The first-order valence-electron chi connectivity index (χ1n) is 22.6. The average molecular weight is 960 g/mol. The number of benzene rings is 2. The molecule has 0 spiro atoms. The van der Waals surface area contributed by atoms with Gasteiger partial charge < -0.3 is 68.8 Å². The summed E-state index contributed by atoms with van der Waals surface area (Å²) >= 11 is 0. The number of hydrogen-bond acceptors (Lipinski definition) is 12. The smallest absolute Gasteiger partial charge is 0.248 e. The molecule has 10 amide bonds. The second-order valence-electron chi connectivity index (χ2n) is 17.6. The fourth-order valence-electron chi connectivity index (χ4n) is 8.20. The molecule has 2 aliphatic heterocycles. The number of nitrogens with two attached hydrogens (primary N) is 2. The number of aliphatic hydroxyl groups is 2. The molecule has 2 fully saturated rings. The zero-order valence-corrected chi connectivity index (χ0v) is 38.5. The monoisotopic (exact) mass is 959 g/mol. The Kier molecular flexibility index (Phi) is 18.3. The minimum Gasteiger partial charge on any atom is -0.394 e. The zero-order chi connectivity index (χ0) is 50.5. The Hall–Kier alpha value is -7.40. The number of aromatic nitrogens is 1. The Labute approximate surface area is 397 Å².